The lowest BCUT2D eigenvalue weighted by molar-refractivity contribution is 0.00733. The fourth-order valence-corrected chi connectivity index (χ4v) is 3.64. The molecule has 0 bridgehead atoms. The fraction of sp³-hybridized carbons (Fsp3) is 1.00. The summed E-state index contributed by atoms with van der Waals surface area (Å²) in [5.74, 6) is 6.67. The van der Waals surface area contributed by atoms with Gasteiger partial charge in [-0.3, -0.25) is 16.2 Å². The normalized spacial score (nSPS) is 28.4. The molecule has 17 heavy (non-hydrogen) atoms. The van der Waals surface area contributed by atoms with Crippen molar-refractivity contribution in [2.75, 3.05) is 13.1 Å². The predicted molar refractivity (Wildman–Crippen MR) is 72.6 cm³/mol. The summed E-state index contributed by atoms with van der Waals surface area (Å²) >= 11 is 0. The van der Waals surface area contributed by atoms with Gasteiger partial charge in [-0.2, -0.15) is 0 Å². The van der Waals surface area contributed by atoms with Gasteiger partial charge in [-0.05, 0) is 58.0 Å². The van der Waals surface area contributed by atoms with Crippen LogP contribution in [-0.2, 0) is 0 Å². The molecule has 1 aliphatic carbocycles. The Bertz CT molecular complexity index is 234. The lowest BCUT2D eigenvalue weighted by Gasteiger charge is -2.51. The molecule has 3 nitrogen and oxygen atoms in total. The molecule has 0 aromatic heterocycles. The van der Waals surface area contributed by atoms with Crippen LogP contribution in [0.2, 0.25) is 0 Å². The smallest absolute Gasteiger partial charge is 0.0420 e. The van der Waals surface area contributed by atoms with E-state index in [0.717, 1.165) is 5.92 Å². The summed E-state index contributed by atoms with van der Waals surface area (Å²) in [5.41, 5.74) is 3.40. The van der Waals surface area contributed by atoms with Crippen molar-refractivity contribution in [1.29, 1.82) is 0 Å². The van der Waals surface area contributed by atoms with Crippen molar-refractivity contribution in [1.82, 2.24) is 10.3 Å². The van der Waals surface area contributed by atoms with E-state index in [1.54, 1.807) is 0 Å². The van der Waals surface area contributed by atoms with Gasteiger partial charge < -0.3 is 0 Å². The Balaban J connectivity index is 2.08. The highest BCUT2D eigenvalue weighted by Gasteiger charge is 2.43. The quantitative estimate of drug-likeness (QED) is 0.571. The average Bonchev–Trinajstić information content (AvgIpc) is 2.33. The number of likely N-dealkylation sites (tertiary alicyclic amines) is 1. The molecule has 2 fully saturated rings. The molecule has 0 radical (unpaired) electrons. The maximum atomic E-state index is 5.87. The van der Waals surface area contributed by atoms with Crippen LogP contribution in [0.3, 0.4) is 0 Å². The van der Waals surface area contributed by atoms with Gasteiger partial charge in [0.05, 0.1) is 0 Å². The molecule has 1 heterocycles. The molecule has 1 saturated carbocycles. The molecule has 2 rings (SSSR count). The van der Waals surface area contributed by atoms with Crippen molar-refractivity contribution in [2.45, 2.75) is 70.4 Å². The van der Waals surface area contributed by atoms with Gasteiger partial charge in [0, 0.05) is 11.6 Å². The van der Waals surface area contributed by atoms with Crippen LogP contribution in [0, 0.1) is 5.92 Å². The van der Waals surface area contributed by atoms with Crippen LogP contribution in [-0.4, -0.2) is 29.6 Å². The Morgan fingerprint density at radius 3 is 2.29 bits per heavy atom. The molecule has 1 aliphatic heterocycles. The van der Waals surface area contributed by atoms with Crippen molar-refractivity contribution >= 4 is 0 Å². The standard InChI is InChI=1S/C14H29N3/c1-3-14(2,17-10-5-4-6-11-17)13(16-15)12-8-7-9-12/h12-13,16H,3-11,15H2,1-2H3. The molecular weight excluding hydrogens is 210 g/mol. The first-order valence-electron chi connectivity index (χ1n) is 7.43. The minimum absolute atomic E-state index is 0.250. The van der Waals surface area contributed by atoms with Crippen molar-refractivity contribution in [3.63, 3.8) is 0 Å². The molecule has 0 spiro atoms. The number of nitrogens with one attached hydrogen (secondary N) is 1. The molecule has 100 valence electrons. The maximum absolute atomic E-state index is 5.87. The Labute approximate surface area is 106 Å². The lowest BCUT2D eigenvalue weighted by atomic mass is 9.70. The van der Waals surface area contributed by atoms with Gasteiger partial charge in [-0.1, -0.05) is 19.8 Å². The summed E-state index contributed by atoms with van der Waals surface area (Å²) in [6.45, 7) is 7.25. The van der Waals surface area contributed by atoms with Gasteiger partial charge in [0.1, 0.15) is 0 Å². The lowest BCUT2D eigenvalue weighted by Crippen LogP contribution is -2.65. The zero-order valence-electron chi connectivity index (χ0n) is 11.5. The molecule has 2 aliphatic rings. The van der Waals surface area contributed by atoms with E-state index in [-0.39, 0.29) is 5.54 Å². The van der Waals surface area contributed by atoms with Crippen LogP contribution in [0.1, 0.15) is 58.8 Å². The molecule has 3 heteroatoms. The summed E-state index contributed by atoms with van der Waals surface area (Å²) in [5, 5.41) is 0. The third-order valence-corrected chi connectivity index (χ3v) is 5.27. The molecule has 2 atom stereocenters. The molecule has 0 aromatic rings. The van der Waals surface area contributed by atoms with Crippen molar-refractivity contribution in [3.05, 3.63) is 0 Å². The second-order valence-electron chi connectivity index (χ2n) is 6.09. The molecule has 1 saturated heterocycles. The first kappa shape index (κ1) is 13.3. The third kappa shape index (κ3) is 2.51. The summed E-state index contributed by atoms with van der Waals surface area (Å²) in [6, 6.07) is 0.472. The Morgan fingerprint density at radius 1 is 1.24 bits per heavy atom. The van der Waals surface area contributed by atoms with Crippen LogP contribution in [0.4, 0.5) is 0 Å². The summed E-state index contributed by atoms with van der Waals surface area (Å²) in [6.07, 6.45) is 9.42. The second-order valence-corrected chi connectivity index (χ2v) is 6.09. The first-order valence-corrected chi connectivity index (χ1v) is 7.43. The predicted octanol–water partition coefficient (Wildman–Crippen LogP) is 2.27. The molecule has 0 aromatic carbocycles. The highest BCUT2D eigenvalue weighted by Crippen LogP contribution is 2.38. The van der Waals surface area contributed by atoms with Crippen LogP contribution >= 0.6 is 0 Å². The average molecular weight is 239 g/mol. The van der Waals surface area contributed by atoms with Gasteiger partial charge in [0.25, 0.3) is 0 Å². The number of rotatable bonds is 5. The Hall–Kier alpha value is -0.120. The van der Waals surface area contributed by atoms with E-state index < -0.39 is 0 Å². The minimum atomic E-state index is 0.250. The van der Waals surface area contributed by atoms with E-state index in [4.69, 9.17) is 5.84 Å². The summed E-state index contributed by atoms with van der Waals surface area (Å²) in [4.78, 5) is 2.69. The monoisotopic (exact) mass is 239 g/mol. The second kappa shape index (κ2) is 5.68. The first-order chi connectivity index (χ1) is 8.22. The third-order valence-electron chi connectivity index (χ3n) is 5.27. The number of hydrogen-bond donors (Lipinski definition) is 2. The minimum Gasteiger partial charge on any atom is -0.296 e. The van der Waals surface area contributed by atoms with E-state index in [0.29, 0.717) is 6.04 Å². The van der Waals surface area contributed by atoms with Crippen molar-refractivity contribution < 1.29 is 0 Å². The van der Waals surface area contributed by atoms with Gasteiger partial charge in [-0.15, -0.1) is 0 Å². The summed E-state index contributed by atoms with van der Waals surface area (Å²) in [7, 11) is 0. The SMILES string of the molecule is CCC(C)(C(NN)C1CCC1)N1CCCCC1. The molecule has 0 amide bonds. The van der Waals surface area contributed by atoms with E-state index >= 15 is 0 Å². The van der Waals surface area contributed by atoms with E-state index in [2.05, 4.69) is 24.2 Å². The van der Waals surface area contributed by atoms with Crippen LogP contribution in [0.5, 0.6) is 0 Å². The highest BCUT2D eigenvalue weighted by atomic mass is 15.3. The van der Waals surface area contributed by atoms with Gasteiger partial charge in [0.2, 0.25) is 0 Å². The van der Waals surface area contributed by atoms with Gasteiger partial charge in [-0.25, -0.2) is 0 Å². The molecular formula is C14H29N3. The number of nitrogens with two attached hydrogens (primary N) is 1. The number of hydrogen-bond acceptors (Lipinski definition) is 3. The van der Waals surface area contributed by atoms with Crippen LogP contribution in [0.25, 0.3) is 0 Å². The highest BCUT2D eigenvalue weighted by molar-refractivity contribution is 5.01. The van der Waals surface area contributed by atoms with Crippen molar-refractivity contribution in [3.8, 4) is 0 Å². The zero-order chi connectivity index (χ0) is 12.3. The van der Waals surface area contributed by atoms with Crippen LogP contribution < -0.4 is 11.3 Å². The van der Waals surface area contributed by atoms with E-state index in [9.17, 15) is 0 Å². The van der Waals surface area contributed by atoms with E-state index in [1.165, 1.54) is 58.0 Å². The van der Waals surface area contributed by atoms with Crippen molar-refractivity contribution in [2.24, 2.45) is 11.8 Å². The molecule has 2 unspecified atom stereocenters. The molecule has 3 N–H and O–H groups in total. The van der Waals surface area contributed by atoms with Gasteiger partial charge in [0.15, 0.2) is 0 Å². The fourth-order valence-electron chi connectivity index (χ4n) is 3.64. The Kier molecular flexibility index (Phi) is 4.45. The summed E-state index contributed by atoms with van der Waals surface area (Å²) < 4.78 is 0. The largest absolute Gasteiger partial charge is 0.296 e. The van der Waals surface area contributed by atoms with Gasteiger partial charge >= 0.3 is 0 Å². The number of hydrazine groups is 1. The maximum Gasteiger partial charge on any atom is 0.0420 e. The number of nitrogens with zero attached hydrogens (tertiary/aromatic N) is 1. The van der Waals surface area contributed by atoms with E-state index in [1.807, 2.05) is 0 Å². The number of piperidine rings is 1. The topological polar surface area (TPSA) is 41.3 Å². The zero-order valence-corrected chi connectivity index (χ0v) is 11.5. The van der Waals surface area contributed by atoms with Crippen LogP contribution in [0.15, 0.2) is 0 Å². The Morgan fingerprint density at radius 2 is 1.88 bits per heavy atom.